The third-order valence-electron chi connectivity index (χ3n) is 7.47. The monoisotopic (exact) mass is 523 g/mol. The number of hydrogen-bond donors (Lipinski definition) is 1. The van der Waals surface area contributed by atoms with Crippen molar-refractivity contribution in [1.29, 1.82) is 0 Å². The molecular formula is C34H66O3. The summed E-state index contributed by atoms with van der Waals surface area (Å²) in [6.07, 6.45) is 37.7. The maximum atomic E-state index is 11.9. The quantitative estimate of drug-likeness (QED) is 0.0579. The first-order valence-electron chi connectivity index (χ1n) is 16.7. The van der Waals surface area contributed by atoms with Crippen LogP contribution in [0.2, 0.25) is 0 Å². The van der Waals surface area contributed by atoms with E-state index in [1.807, 2.05) is 0 Å². The van der Waals surface area contributed by atoms with E-state index < -0.39 is 6.10 Å². The Morgan fingerprint density at radius 3 is 1.41 bits per heavy atom. The molecule has 1 N–H and O–H groups in total. The molecule has 0 fully saturated rings. The zero-order valence-electron chi connectivity index (χ0n) is 25.3. The maximum Gasteiger partial charge on any atom is 0.305 e. The first-order valence-corrected chi connectivity index (χ1v) is 16.7. The predicted molar refractivity (Wildman–Crippen MR) is 162 cm³/mol. The molecule has 1 atom stereocenters. The Kier molecular flexibility index (Phi) is 30.7. The van der Waals surface area contributed by atoms with Crippen LogP contribution in [0, 0.1) is 0 Å². The summed E-state index contributed by atoms with van der Waals surface area (Å²) >= 11 is 0. The summed E-state index contributed by atoms with van der Waals surface area (Å²) in [5, 5.41) is 10.1. The Balaban J connectivity index is 3.32. The van der Waals surface area contributed by atoms with E-state index in [4.69, 9.17) is 4.74 Å². The summed E-state index contributed by atoms with van der Waals surface area (Å²) < 4.78 is 5.28. The van der Waals surface area contributed by atoms with E-state index in [1.54, 1.807) is 0 Å². The Hall–Kier alpha value is -0.830. The lowest BCUT2D eigenvalue weighted by molar-refractivity contribution is -0.146. The topological polar surface area (TPSA) is 46.5 Å². The lowest BCUT2D eigenvalue weighted by Crippen LogP contribution is -2.18. The van der Waals surface area contributed by atoms with Gasteiger partial charge in [-0.15, -0.1) is 0 Å². The normalized spacial score (nSPS) is 12.4. The number of aliphatic hydroxyl groups excluding tert-OH is 1. The number of ether oxygens (including phenoxy) is 1. The number of esters is 1. The SMILES string of the molecule is CCCCCCCC/C=C\CCCCCCCC(=O)OCC(O)CCCCCCCCCCCCCC. The van der Waals surface area contributed by atoms with Gasteiger partial charge in [0.2, 0.25) is 0 Å². The fraction of sp³-hybridized carbons (Fsp3) is 0.912. The van der Waals surface area contributed by atoms with Crippen LogP contribution >= 0.6 is 0 Å². The van der Waals surface area contributed by atoms with Crippen LogP contribution in [0.25, 0.3) is 0 Å². The minimum Gasteiger partial charge on any atom is -0.463 e. The van der Waals surface area contributed by atoms with Gasteiger partial charge >= 0.3 is 5.97 Å². The molecule has 3 heteroatoms. The van der Waals surface area contributed by atoms with Crippen LogP contribution in [-0.4, -0.2) is 23.8 Å². The highest BCUT2D eigenvalue weighted by Crippen LogP contribution is 2.14. The number of rotatable bonds is 30. The molecule has 0 amide bonds. The zero-order chi connectivity index (χ0) is 27.1. The average Bonchev–Trinajstić information content (AvgIpc) is 2.90. The highest BCUT2D eigenvalue weighted by Gasteiger charge is 2.08. The summed E-state index contributed by atoms with van der Waals surface area (Å²) in [5.41, 5.74) is 0. The Labute approximate surface area is 232 Å². The minimum absolute atomic E-state index is 0.147. The third-order valence-corrected chi connectivity index (χ3v) is 7.47. The Morgan fingerprint density at radius 1 is 0.568 bits per heavy atom. The van der Waals surface area contributed by atoms with Gasteiger partial charge in [0.25, 0.3) is 0 Å². The molecule has 0 bridgehead atoms. The van der Waals surface area contributed by atoms with Gasteiger partial charge in [-0.3, -0.25) is 4.79 Å². The van der Waals surface area contributed by atoms with E-state index in [-0.39, 0.29) is 12.6 Å². The molecule has 0 aromatic heterocycles. The van der Waals surface area contributed by atoms with E-state index in [1.165, 1.54) is 141 Å². The molecule has 0 aliphatic rings. The van der Waals surface area contributed by atoms with E-state index in [0.29, 0.717) is 6.42 Å². The summed E-state index contributed by atoms with van der Waals surface area (Å²) in [4.78, 5) is 11.9. The van der Waals surface area contributed by atoms with Crippen molar-refractivity contribution in [3.8, 4) is 0 Å². The van der Waals surface area contributed by atoms with Crippen molar-refractivity contribution < 1.29 is 14.6 Å². The number of hydrogen-bond acceptors (Lipinski definition) is 3. The summed E-state index contributed by atoms with van der Waals surface area (Å²) in [7, 11) is 0. The molecule has 0 aliphatic carbocycles. The second kappa shape index (κ2) is 31.4. The largest absolute Gasteiger partial charge is 0.463 e. The van der Waals surface area contributed by atoms with Crippen LogP contribution in [0.15, 0.2) is 12.2 Å². The molecule has 0 heterocycles. The first kappa shape index (κ1) is 36.2. The average molecular weight is 523 g/mol. The van der Waals surface area contributed by atoms with E-state index >= 15 is 0 Å². The number of allylic oxidation sites excluding steroid dienone is 2. The van der Waals surface area contributed by atoms with Gasteiger partial charge in [0, 0.05) is 6.42 Å². The second-order valence-corrected chi connectivity index (χ2v) is 11.3. The van der Waals surface area contributed by atoms with Gasteiger partial charge in [-0.25, -0.2) is 0 Å². The van der Waals surface area contributed by atoms with Gasteiger partial charge in [-0.05, 0) is 38.5 Å². The summed E-state index contributed by atoms with van der Waals surface area (Å²) in [6.45, 7) is 4.71. The molecule has 0 aromatic rings. The molecule has 0 saturated heterocycles. The molecule has 0 radical (unpaired) electrons. The van der Waals surface area contributed by atoms with Gasteiger partial charge in [-0.2, -0.15) is 0 Å². The number of aliphatic hydroxyl groups is 1. The minimum atomic E-state index is -0.499. The number of carbonyl (C=O) groups excluding carboxylic acids is 1. The van der Waals surface area contributed by atoms with Crippen molar-refractivity contribution in [2.45, 2.75) is 193 Å². The van der Waals surface area contributed by atoms with E-state index in [2.05, 4.69) is 26.0 Å². The fourth-order valence-electron chi connectivity index (χ4n) is 4.91. The molecule has 0 saturated carbocycles. The highest BCUT2D eigenvalue weighted by molar-refractivity contribution is 5.69. The maximum absolute atomic E-state index is 11.9. The molecule has 0 rings (SSSR count). The smallest absolute Gasteiger partial charge is 0.305 e. The van der Waals surface area contributed by atoms with Crippen LogP contribution < -0.4 is 0 Å². The fourth-order valence-corrected chi connectivity index (χ4v) is 4.91. The number of unbranched alkanes of at least 4 members (excludes halogenated alkanes) is 22. The van der Waals surface area contributed by atoms with Crippen molar-refractivity contribution in [3.05, 3.63) is 12.2 Å². The van der Waals surface area contributed by atoms with Crippen LogP contribution in [0.5, 0.6) is 0 Å². The summed E-state index contributed by atoms with van der Waals surface area (Å²) in [6, 6.07) is 0. The summed E-state index contributed by atoms with van der Waals surface area (Å²) in [5.74, 6) is -0.147. The molecule has 0 aliphatic heterocycles. The molecule has 0 spiro atoms. The molecule has 3 nitrogen and oxygen atoms in total. The van der Waals surface area contributed by atoms with Crippen molar-refractivity contribution in [2.75, 3.05) is 6.61 Å². The van der Waals surface area contributed by atoms with E-state index in [9.17, 15) is 9.90 Å². The van der Waals surface area contributed by atoms with Crippen molar-refractivity contribution in [2.24, 2.45) is 0 Å². The first-order chi connectivity index (χ1) is 18.2. The Bertz CT molecular complexity index is 474. The Morgan fingerprint density at radius 2 is 0.946 bits per heavy atom. The van der Waals surface area contributed by atoms with Gasteiger partial charge in [0.1, 0.15) is 6.61 Å². The van der Waals surface area contributed by atoms with E-state index in [0.717, 1.165) is 25.7 Å². The lowest BCUT2D eigenvalue weighted by Gasteiger charge is -2.11. The third kappa shape index (κ3) is 31.3. The van der Waals surface area contributed by atoms with Crippen molar-refractivity contribution >= 4 is 5.97 Å². The molecule has 1 unspecified atom stereocenters. The van der Waals surface area contributed by atoms with Gasteiger partial charge < -0.3 is 9.84 Å². The van der Waals surface area contributed by atoms with Crippen LogP contribution in [0.3, 0.4) is 0 Å². The lowest BCUT2D eigenvalue weighted by atomic mass is 10.0. The number of carbonyl (C=O) groups is 1. The molecule has 0 aromatic carbocycles. The zero-order valence-corrected chi connectivity index (χ0v) is 25.3. The molecular weight excluding hydrogens is 456 g/mol. The van der Waals surface area contributed by atoms with Crippen LogP contribution in [-0.2, 0) is 9.53 Å². The standard InChI is InChI=1S/C34H66O3/c1-3-5-7-9-11-13-15-17-18-19-21-23-25-27-29-31-34(36)37-32-33(35)30-28-26-24-22-20-16-14-12-10-8-6-4-2/h17-18,33,35H,3-16,19-32H2,1-2H3/b18-17-. The van der Waals surface area contributed by atoms with Crippen LogP contribution in [0.4, 0.5) is 0 Å². The molecule has 37 heavy (non-hydrogen) atoms. The van der Waals surface area contributed by atoms with Gasteiger partial charge in [0.05, 0.1) is 6.10 Å². The van der Waals surface area contributed by atoms with Gasteiger partial charge in [-0.1, -0.05) is 154 Å². The van der Waals surface area contributed by atoms with Gasteiger partial charge in [0.15, 0.2) is 0 Å². The van der Waals surface area contributed by atoms with Crippen LogP contribution in [0.1, 0.15) is 187 Å². The molecule has 220 valence electrons. The van der Waals surface area contributed by atoms with Crippen molar-refractivity contribution in [1.82, 2.24) is 0 Å². The highest BCUT2D eigenvalue weighted by atomic mass is 16.5. The second-order valence-electron chi connectivity index (χ2n) is 11.3. The predicted octanol–water partition coefficient (Wildman–Crippen LogP) is 11.0. The van der Waals surface area contributed by atoms with Crippen molar-refractivity contribution in [3.63, 3.8) is 0 Å².